The molecule has 1 nitrogen and oxygen atoms in total. The van der Waals surface area contributed by atoms with Gasteiger partial charge in [-0.05, 0) is 44.2 Å². The lowest BCUT2D eigenvalue weighted by atomic mass is 9.94. The van der Waals surface area contributed by atoms with Crippen LogP contribution in [0.5, 0.6) is 0 Å². The summed E-state index contributed by atoms with van der Waals surface area (Å²) in [7, 11) is 0. The van der Waals surface area contributed by atoms with Gasteiger partial charge in [-0.2, -0.15) is 0 Å². The lowest BCUT2D eigenvalue weighted by Crippen LogP contribution is -2.27. The van der Waals surface area contributed by atoms with Crippen LogP contribution >= 0.6 is 0 Å². The van der Waals surface area contributed by atoms with E-state index < -0.39 is 0 Å². The normalized spacial score (nSPS) is 14.2. The van der Waals surface area contributed by atoms with Crippen LogP contribution in [0.15, 0.2) is 30.3 Å². The molecular formula is C19H33N. The predicted molar refractivity (Wildman–Crippen MR) is 90.3 cm³/mol. The molecule has 1 heteroatoms. The van der Waals surface area contributed by atoms with Crippen LogP contribution in [0.4, 0.5) is 0 Å². The topological polar surface area (TPSA) is 12.0 Å². The summed E-state index contributed by atoms with van der Waals surface area (Å²) in [6.45, 7) is 8.12. The first-order valence-corrected chi connectivity index (χ1v) is 8.52. The van der Waals surface area contributed by atoms with E-state index >= 15 is 0 Å². The molecule has 20 heavy (non-hydrogen) atoms. The lowest BCUT2D eigenvalue weighted by Gasteiger charge is -2.17. The summed E-state index contributed by atoms with van der Waals surface area (Å²) in [5.41, 5.74) is 1.47. The first kappa shape index (κ1) is 17.2. The van der Waals surface area contributed by atoms with Crippen molar-refractivity contribution in [2.45, 2.75) is 77.7 Å². The maximum absolute atomic E-state index is 3.67. The summed E-state index contributed by atoms with van der Waals surface area (Å²) in [5, 5.41) is 3.67. The molecule has 0 bridgehead atoms. The second kappa shape index (κ2) is 10.9. The summed E-state index contributed by atoms with van der Waals surface area (Å²) in [6, 6.07) is 11.5. The minimum absolute atomic E-state index is 0.646. The van der Waals surface area contributed by atoms with Gasteiger partial charge in [-0.1, -0.05) is 69.9 Å². The highest BCUT2D eigenvalue weighted by Crippen LogP contribution is 2.20. The minimum Gasteiger partial charge on any atom is -0.314 e. The van der Waals surface area contributed by atoms with Crippen molar-refractivity contribution in [2.75, 3.05) is 6.54 Å². The second-order valence-electron chi connectivity index (χ2n) is 6.16. The van der Waals surface area contributed by atoms with Crippen molar-refractivity contribution >= 4 is 0 Å². The first-order chi connectivity index (χ1) is 9.74. The van der Waals surface area contributed by atoms with Crippen molar-refractivity contribution in [3.8, 4) is 0 Å². The zero-order valence-corrected chi connectivity index (χ0v) is 13.7. The molecular weight excluding hydrogens is 242 g/mol. The Labute approximate surface area is 126 Å². The molecule has 0 fully saturated rings. The number of nitrogens with one attached hydrogen (secondary N) is 1. The molecule has 2 atom stereocenters. The van der Waals surface area contributed by atoms with E-state index in [1.54, 1.807) is 0 Å². The Hall–Kier alpha value is -0.820. The molecule has 1 aromatic rings. The molecule has 2 unspecified atom stereocenters. The summed E-state index contributed by atoms with van der Waals surface area (Å²) < 4.78 is 0. The first-order valence-electron chi connectivity index (χ1n) is 8.52. The van der Waals surface area contributed by atoms with E-state index in [0.29, 0.717) is 12.0 Å². The van der Waals surface area contributed by atoms with E-state index in [1.807, 2.05) is 0 Å². The van der Waals surface area contributed by atoms with Gasteiger partial charge in [0.2, 0.25) is 0 Å². The minimum atomic E-state index is 0.646. The molecule has 0 aliphatic rings. The summed E-state index contributed by atoms with van der Waals surface area (Å²) in [6.07, 6.45) is 9.38. The molecule has 1 N–H and O–H groups in total. The highest BCUT2D eigenvalue weighted by molar-refractivity contribution is 5.18. The number of unbranched alkanes of at least 4 members (excludes halogenated alkanes) is 4. The third-order valence-corrected chi connectivity index (χ3v) is 4.17. The van der Waals surface area contributed by atoms with Crippen LogP contribution in [0.2, 0.25) is 0 Å². The van der Waals surface area contributed by atoms with Gasteiger partial charge in [0, 0.05) is 6.04 Å². The Morgan fingerprint density at radius 1 is 0.900 bits per heavy atom. The fourth-order valence-corrected chi connectivity index (χ4v) is 2.63. The molecule has 0 aliphatic heterocycles. The van der Waals surface area contributed by atoms with E-state index in [9.17, 15) is 0 Å². The SMILES string of the molecule is CCCCCCCNC(C)CCC(C)c1ccccc1. The van der Waals surface area contributed by atoms with Gasteiger partial charge in [-0.3, -0.25) is 0 Å². The van der Waals surface area contributed by atoms with Crippen LogP contribution < -0.4 is 5.32 Å². The average molecular weight is 275 g/mol. The second-order valence-corrected chi connectivity index (χ2v) is 6.16. The summed E-state index contributed by atoms with van der Waals surface area (Å²) in [5.74, 6) is 0.671. The molecule has 0 radical (unpaired) electrons. The van der Waals surface area contributed by atoms with E-state index in [4.69, 9.17) is 0 Å². The molecule has 0 heterocycles. The van der Waals surface area contributed by atoms with Gasteiger partial charge < -0.3 is 5.32 Å². The van der Waals surface area contributed by atoms with Gasteiger partial charge in [-0.15, -0.1) is 0 Å². The third-order valence-electron chi connectivity index (χ3n) is 4.17. The van der Waals surface area contributed by atoms with Crippen molar-refractivity contribution in [1.82, 2.24) is 5.32 Å². The predicted octanol–water partition coefficient (Wildman–Crippen LogP) is 5.52. The molecule has 114 valence electrons. The Balaban J connectivity index is 2.06. The smallest absolute Gasteiger partial charge is 0.00389 e. The van der Waals surface area contributed by atoms with Crippen LogP contribution in [0.1, 0.15) is 77.2 Å². The number of rotatable bonds is 11. The fourth-order valence-electron chi connectivity index (χ4n) is 2.63. The largest absolute Gasteiger partial charge is 0.314 e. The van der Waals surface area contributed by atoms with Gasteiger partial charge in [0.1, 0.15) is 0 Å². The number of benzene rings is 1. The van der Waals surface area contributed by atoms with E-state index in [1.165, 1.54) is 57.1 Å². The van der Waals surface area contributed by atoms with Crippen molar-refractivity contribution < 1.29 is 0 Å². The van der Waals surface area contributed by atoms with Crippen LogP contribution in [-0.2, 0) is 0 Å². The molecule has 0 saturated heterocycles. The Morgan fingerprint density at radius 3 is 2.30 bits per heavy atom. The van der Waals surface area contributed by atoms with Gasteiger partial charge in [0.05, 0.1) is 0 Å². The summed E-state index contributed by atoms with van der Waals surface area (Å²) >= 11 is 0. The zero-order valence-electron chi connectivity index (χ0n) is 13.7. The third kappa shape index (κ3) is 7.69. The number of hydrogen-bond donors (Lipinski definition) is 1. The molecule has 1 aromatic carbocycles. The lowest BCUT2D eigenvalue weighted by molar-refractivity contribution is 0.465. The molecule has 0 spiro atoms. The van der Waals surface area contributed by atoms with Crippen molar-refractivity contribution in [2.24, 2.45) is 0 Å². The van der Waals surface area contributed by atoms with E-state index in [2.05, 4.69) is 56.4 Å². The van der Waals surface area contributed by atoms with Gasteiger partial charge in [-0.25, -0.2) is 0 Å². The van der Waals surface area contributed by atoms with Crippen molar-refractivity contribution in [3.63, 3.8) is 0 Å². The quantitative estimate of drug-likeness (QED) is 0.524. The Morgan fingerprint density at radius 2 is 1.60 bits per heavy atom. The molecule has 0 saturated carbocycles. The van der Waals surface area contributed by atoms with Gasteiger partial charge >= 0.3 is 0 Å². The van der Waals surface area contributed by atoms with Gasteiger partial charge in [0.25, 0.3) is 0 Å². The highest BCUT2D eigenvalue weighted by atomic mass is 14.9. The monoisotopic (exact) mass is 275 g/mol. The maximum Gasteiger partial charge on any atom is 0.00389 e. The molecule has 0 amide bonds. The standard InChI is InChI=1S/C19H33N/c1-4-5-6-7-11-16-20-18(3)15-14-17(2)19-12-9-8-10-13-19/h8-10,12-13,17-18,20H,4-7,11,14-16H2,1-3H3. The van der Waals surface area contributed by atoms with Crippen LogP contribution in [-0.4, -0.2) is 12.6 Å². The fraction of sp³-hybridized carbons (Fsp3) is 0.684. The van der Waals surface area contributed by atoms with E-state index in [0.717, 1.165) is 0 Å². The number of hydrogen-bond acceptors (Lipinski definition) is 1. The Kier molecular flexibility index (Phi) is 9.40. The van der Waals surface area contributed by atoms with Gasteiger partial charge in [0.15, 0.2) is 0 Å². The van der Waals surface area contributed by atoms with E-state index in [-0.39, 0.29) is 0 Å². The molecule has 1 rings (SSSR count). The van der Waals surface area contributed by atoms with Crippen LogP contribution in [0.3, 0.4) is 0 Å². The van der Waals surface area contributed by atoms with Crippen LogP contribution in [0, 0.1) is 0 Å². The zero-order chi connectivity index (χ0) is 14.6. The average Bonchev–Trinajstić information content (AvgIpc) is 2.49. The van der Waals surface area contributed by atoms with Crippen molar-refractivity contribution in [3.05, 3.63) is 35.9 Å². The molecule has 0 aromatic heterocycles. The highest BCUT2D eigenvalue weighted by Gasteiger charge is 2.07. The molecule has 0 aliphatic carbocycles. The van der Waals surface area contributed by atoms with Crippen LogP contribution in [0.25, 0.3) is 0 Å². The Bertz CT molecular complexity index is 320. The maximum atomic E-state index is 3.67. The van der Waals surface area contributed by atoms with Crippen molar-refractivity contribution in [1.29, 1.82) is 0 Å². The summed E-state index contributed by atoms with van der Waals surface area (Å²) in [4.78, 5) is 0.